The van der Waals surface area contributed by atoms with E-state index in [0.29, 0.717) is 30.8 Å². The van der Waals surface area contributed by atoms with Gasteiger partial charge in [0.2, 0.25) is 0 Å². The fourth-order valence-electron chi connectivity index (χ4n) is 3.48. The van der Waals surface area contributed by atoms with Gasteiger partial charge >= 0.3 is 6.18 Å². The van der Waals surface area contributed by atoms with E-state index >= 15 is 0 Å². The standard InChI is InChI=1S/C20H19F4NO2/c1-27-18-7-3-2-5-13(18)11-15-6-4-10-25(15)19(26)14-8-9-17(21)16(12-14)20(22,23)24/h2-3,5,7-9,12,15H,4,6,10-11H2,1H3/t15-/m1/s1. The van der Waals surface area contributed by atoms with Crippen LogP contribution in [-0.4, -0.2) is 30.5 Å². The molecule has 0 aliphatic carbocycles. The lowest BCUT2D eigenvalue weighted by molar-refractivity contribution is -0.140. The highest BCUT2D eigenvalue weighted by Gasteiger charge is 2.36. The first kappa shape index (κ1) is 19.2. The van der Waals surface area contributed by atoms with Crippen LogP contribution in [0.25, 0.3) is 0 Å². The number of halogens is 4. The quantitative estimate of drug-likeness (QED) is 0.719. The van der Waals surface area contributed by atoms with Gasteiger partial charge in [-0.2, -0.15) is 13.2 Å². The Labute approximate surface area is 154 Å². The number of ether oxygens (including phenoxy) is 1. The van der Waals surface area contributed by atoms with Gasteiger partial charge in [-0.15, -0.1) is 0 Å². The van der Waals surface area contributed by atoms with Crippen molar-refractivity contribution in [3.8, 4) is 5.75 Å². The van der Waals surface area contributed by atoms with Gasteiger partial charge in [0.25, 0.3) is 5.91 Å². The first-order valence-corrected chi connectivity index (χ1v) is 8.61. The van der Waals surface area contributed by atoms with Crippen LogP contribution in [0.2, 0.25) is 0 Å². The number of carbonyl (C=O) groups excluding carboxylic acids is 1. The molecule has 1 saturated heterocycles. The highest BCUT2D eigenvalue weighted by Crippen LogP contribution is 2.33. The summed E-state index contributed by atoms with van der Waals surface area (Å²) in [6.45, 7) is 0.456. The van der Waals surface area contributed by atoms with Crippen molar-refractivity contribution in [2.24, 2.45) is 0 Å². The molecule has 27 heavy (non-hydrogen) atoms. The van der Waals surface area contributed by atoms with E-state index < -0.39 is 23.5 Å². The summed E-state index contributed by atoms with van der Waals surface area (Å²) in [4.78, 5) is 14.4. The Morgan fingerprint density at radius 3 is 2.67 bits per heavy atom. The molecule has 1 atom stereocenters. The summed E-state index contributed by atoms with van der Waals surface area (Å²) in [5.41, 5.74) is -0.649. The maximum Gasteiger partial charge on any atom is 0.419 e. The Hall–Kier alpha value is -2.57. The molecule has 0 aromatic heterocycles. The number of nitrogens with zero attached hydrogens (tertiary/aromatic N) is 1. The van der Waals surface area contributed by atoms with Crippen LogP contribution in [-0.2, 0) is 12.6 Å². The fraction of sp³-hybridized carbons (Fsp3) is 0.350. The molecule has 2 aromatic carbocycles. The number of methoxy groups -OCH3 is 1. The average molecular weight is 381 g/mol. The van der Waals surface area contributed by atoms with Crippen molar-refractivity contribution in [3.63, 3.8) is 0 Å². The molecule has 0 radical (unpaired) electrons. The van der Waals surface area contributed by atoms with Gasteiger partial charge in [0.05, 0.1) is 12.7 Å². The van der Waals surface area contributed by atoms with Crippen molar-refractivity contribution in [2.45, 2.75) is 31.5 Å². The molecule has 0 unspecified atom stereocenters. The summed E-state index contributed by atoms with van der Waals surface area (Å²) in [5.74, 6) is -1.19. The second-order valence-electron chi connectivity index (χ2n) is 6.50. The molecule has 2 aromatic rings. The van der Waals surface area contributed by atoms with Gasteiger partial charge in [-0.05, 0) is 49.1 Å². The first-order valence-electron chi connectivity index (χ1n) is 8.61. The van der Waals surface area contributed by atoms with E-state index in [4.69, 9.17) is 4.74 Å². The second kappa shape index (κ2) is 7.58. The molecule has 0 N–H and O–H groups in total. The van der Waals surface area contributed by atoms with E-state index in [-0.39, 0.29) is 11.6 Å². The van der Waals surface area contributed by atoms with E-state index in [9.17, 15) is 22.4 Å². The topological polar surface area (TPSA) is 29.5 Å². The predicted octanol–water partition coefficient (Wildman–Crippen LogP) is 4.70. The van der Waals surface area contributed by atoms with Crippen LogP contribution in [0, 0.1) is 5.82 Å². The lowest BCUT2D eigenvalue weighted by Crippen LogP contribution is -2.37. The summed E-state index contributed by atoms with van der Waals surface area (Å²) >= 11 is 0. The maximum atomic E-state index is 13.5. The summed E-state index contributed by atoms with van der Waals surface area (Å²) in [6, 6.07) is 9.69. The zero-order chi connectivity index (χ0) is 19.6. The average Bonchev–Trinajstić information content (AvgIpc) is 3.09. The van der Waals surface area contributed by atoms with E-state index in [0.717, 1.165) is 24.5 Å². The molecule has 3 rings (SSSR count). The summed E-state index contributed by atoms with van der Waals surface area (Å²) in [6.07, 6.45) is -2.79. The minimum atomic E-state index is -4.85. The van der Waals surface area contributed by atoms with Crippen LogP contribution in [0.15, 0.2) is 42.5 Å². The van der Waals surface area contributed by atoms with Crippen LogP contribution >= 0.6 is 0 Å². The largest absolute Gasteiger partial charge is 0.496 e. The lowest BCUT2D eigenvalue weighted by Gasteiger charge is -2.26. The SMILES string of the molecule is COc1ccccc1C[C@H]1CCCN1C(=O)c1ccc(F)c(C(F)(F)F)c1. The first-order chi connectivity index (χ1) is 12.8. The van der Waals surface area contributed by atoms with Gasteiger partial charge in [-0.25, -0.2) is 4.39 Å². The highest BCUT2D eigenvalue weighted by molar-refractivity contribution is 5.94. The van der Waals surface area contributed by atoms with Gasteiger partial charge in [-0.3, -0.25) is 4.79 Å². The van der Waals surface area contributed by atoms with Crippen molar-refractivity contribution < 1.29 is 27.1 Å². The Morgan fingerprint density at radius 2 is 1.96 bits per heavy atom. The smallest absolute Gasteiger partial charge is 0.419 e. The van der Waals surface area contributed by atoms with Crippen molar-refractivity contribution in [1.82, 2.24) is 4.90 Å². The Kier molecular flexibility index (Phi) is 5.39. The number of alkyl halides is 3. The van der Waals surface area contributed by atoms with Crippen LogP contribution in [0.1, 0.15) is 34.3 Å². The number of para-hydroxylation sites is 1. The number of hydrogen-bond acceptors (Lipinski definition) is 2. The molecule has 1 amide bonds. The molecule has 1 aliphatic rings. The number of hydrogen-bond donors (Lipinski definition) is 0. The highest BCUT2D eigenvalue weighted by atomic mass is 19.4. The summed E-state index contributed by atoms with van der Waals surface area (Å²) in [5, 5.41) is 0. The zero-order valence-corrected chi connectivity index (χ0v) is 14.7. The summed E-state index contributed by atoms with van der Waals surface area (Å²) in [7, 11) is 1.56. The van der Waals surface area contributed by atoms with Gasteiger partial charge in [0, 0.05) is 18.2 Å². The number of benzene rings is 2. The van der Waals surface area contributed by atoms with Crippen LogP contribution in [0.4, 0.5) is 17.6 Å². The van der Waals surface area contributed by atoms with E-state index in [1.54, 1.807) is 12.0 Å². The number of amides is 1. The van der Waals surface area contributed by atoms with Gasteiger partial charge in [0.15, 0.2) is 0 Å². The van der Waals surface area contributed by atoms with Crippen molar-refractivity contribution in [2.75, 3.05) is 13.7 Å². The third-order valence-electron chi connectivity index (χ3n) is 4.80. The van der Waals surface area contributed by atoms with E-state index in [1.807, 2.05) is 24.3 Å². The molecule has 1 fully saturated rings. The Morgan fingerprint density at radius 1 is 1.22 bits per heavy atom. The number of carbonyl (C=O) groups is 1. The molecular weight excluding hydrogens is 362 g/mol. The fourth-order valence-corrected chi connectivity index (χ4v) is 3.48. The van der Waals surface area contributed by atoms with Crippen molar-refractivity contribution in [1.29, 1.82) is 0 Å². The van der Waals surface area contributed by atoms with Gasteiger partial charge in [0.1, 0.15) is 11.6 Å². The van der Waals surface area contributed by atoms with E-state index in [2.05, 4.69) is 0 Å². The maximum absolute atomic E-state index is 13.5. The molecule has 0 saturated carbocycles. The minimum Gasteiger partial charge on any atom is -0.496 e. The van der Waals surface area contributed by atoms with Crippen LogP contribution in [0.5, 0.6) is 5.75 Å². The van der Waals surface area contributed by atoms with E-state index in [1.165, 1.54) is 0 Å². The Bertz CT molecular complexity index is 835. The molecule has 1 heterocycles. The number of likely N-dealkylation sites (tertiary alicyclic amines) is 1. The van der Waals surface area contributed by atoms with Gasteiger partial charge < -0.3 is 9.64 Å². The molecule has 144 valence electrons. The molecular formula is C20H19F4NO2. The summed E-state index contributed by atoms with van der Waals surface area (Å²) < 4.78 is 57.6. The third kappa shape index (κ3) is 4.07. The lowest BCUT2D eigenvalue weighted by atomic mass is 10.0. The van der Waals surface area contributed by atoms with Crippen molar-refractivity contribution in [3.05, 3.63) is 65.0 Å². The number of rotatable bonds is 4. The van der Waals surface area contributed by atoms with Gasteiger partial charge in [-0.1, -0.05) is 18.2 Å². The Balaban J connectivity index is 1.84. The van der Waals surface area contributed by atoms with Crippen LogP contribution in [0.3, 0.4) is 0 Å². The predicted molar refractivity (Wildman–Crippen MR) is 92.2 cm³/mol. The molecule has 1 aliphatic heterocycles. The normalized spacial score (nSPS) is 17.2. The van der Waals surface area contributed by atoms with Crippen LogP contribution < -0.4 is 4.74 Å². The molecule has 7 heteroatoms. The van der Waals surface area contributed by atoms with Crippen molar-refractivity contribution >= 4 is 5.91 Å². The molecule has 3 nitrogen and oxygen atoms in total. The molecule has 0 bridgehead atoms. The third-order valence-corrected chi connectivity index (χ3v) is 4.80. The second-order valence-corrected chi connectivity index (χ2v) is 6.50. The molecule has 0 spiro atoms. The minimum absolute atomic E-state index is 0.145. The zero-order valence-electron chi connectivity index (χ0n) is 14.7. The monoisotopic (exact) mass is 381 g/mol.